The van der Waals surface area contributed by atoms with Crippen molar-refractivity contribution in [2.45, 2.75) is 18.9 Å². The molecular weight excluding hydrogens is 210 g/mol. The van der Waals surface area contributed by atoms with Gasteiger partial charge in [-0.05, 0) is 18.4 Å². The average molecular weight is 223 g/mol. The Morgan fingerprint density at radius 1 is 1.53 bits per heavy atom. The van der Waals surface area contributed by atoms with Gasteiger partial charge in [0, 0.05) is 19.4 Å². The van der Waals surface area contributed by atoms with Gasteiger partial charge in [0.1, 0.15) is 0 Å². The van der Waals surface area contributed by atoms with Crippen molar-refractivity contribution in [1.29, 1.82) is 0 Å². The zero-order chi connectivity index (χ0) is 10.7. The van der Waals surface area contributed by atoms with E-state index in [2.05, 4.69) is 10.1 Å². The summed E-state index contributed by atoms with van der Waals surface area (Å²) in [5.74, 6) is 0. The summed E-state index contributed by atoms with van der Waals surface area (Å²) in [5, 5.41) is 13.9. The minimum absolute atomic E-state index is 0.405. The highest BCUT2D eigenvalue weighted by Gasteiger charge is 2.09. The first kappa shape index (κ1) is 10.3. The van der Waals surface area contributed by atoms with Crippen molar-refractivity contribution < 1.29 is 5.11 Å². The van der Waals surface area contributed by atoms with Crippen molar-refractivity contribution >= 4 is 11.3 Å². The van der Waals surface area contributed by atoms with Gasteiger partial charge < -0.3 is 5.11 Å². The lowest BCUT2D eigenvalue weighted by Crippen LogP contribution is -1.96. The van der Waals surface area contributed by atoms with Crippen molar-refractivity contribution in [3.63, 3.8) is 0 Å². The second-order valence-electron chi connectivity index (χ2n) is 3.48. The molecular formula is C10H13N3OS. The van der Waals surface area contributed by atoms with Crippen LogP contribution in [0.4, 0.5) is 0 Å². The molecule has 2 rings (SSSR count). The number of rotatable bonds is 4. The molecule has 0 aromatic carbocycles. The Hall–Kier alpha value is -1.20. The number of thiazole rings is 1. The van der Waals surface area contributed by atoms with Crippen molar-refractivity contribution in [3.8, 4) is 0 Å². The standard InChI is InChI=1S/C10H13N3OS/c1-13-6-8(4-12-13)2-3-9(14)10-5-11-7-15-10/h4-7,9,14H,2-3H2,1H3. The molecule has 0 fully saturated rings. The number of hydrogen-bond acceptors (Lipinski definition) is 4. The normalized spacial score (nSPS) is 12.9. The second kappa shape index (κ2) is 4.55. The van der Waals surface area contributed by atoms with Crippen LogP contribution in [0.1, 0.15) is 23.0 Å². The van der Waals surface area contributed by atoms with Crippen LogP contribution in [0.2, 0.25) is 0 Å². The lowest BCUT2D eigenvalue weighted by molar-refractivity contribution is 0.171. The maximum Gasteiger partial charge on any atom is 0.0901 e. The predicted molar refractivity (Wildman–Crippen MR) is 58.6 cm³/mol. The monoisotopic (exact) mass is 223 g/mol. The van der Waals surface area contributed by atoms with Crippen LogP contribution in [-0.4, -0.2) is 19.9 Å². The number of aliphatic hydroxyl groups excluding tert-OH is 1. The molecule has 0 bridgehead atoms. The molecule has 15 heavy (non-hydrogen) atoms. The van der Waals surface area contributed by atoms with Gasteiger partial charge in [-0.1, -0.05) is 0 Å². The fourth-order valence-electron chi connectivity index (χ4n) is 1.44. The molecule has 4 nitrogen and oxygen atoms in total. The van der Waals surface area contributed by atoms with E-state index in [1.54, 1.807) is 16.4 Å². The van der Waals surface area contributed by atoms with Gasteiger partial charge in [0.05, 0.1) is 22.7 Å². The van der Waals surface area contributed by atoms with Gasteiger partial charge in [-0.15, -0.1) is 11.3 Å². The number of hydrogen-bond donors (Lipinski definition) is 1. The van der Waals surface area contributed by atoms with E-state index in [0.29, 0.717) is 6.42 Å². The fraction of sp³-hybridized carbons (Fsp3) is 0.400. The summed E-state index contributed by atoms with van der Waals surface area (Å²) < 4.78 is 1.77. The Bertz CT molecular complexity index is 410. The van der Waals surface area contributed by atoms with E-state index >= 15 is 0 Å². The maximum absolute atomic E-state index is 9.82. The lowest BCUT2D eigenvalue weighted by atomic mass is 10.1. The topological polar surface area (TPSA) is 50.9 Å². The first-order valence-corrected chi connectivity index (χ1v) is 5.67. The highest BCUT2D eigenvalue weighted by molar-refractivity contribution is 7.09. The molecule has 0 radical (unpaired) electrons. The zero-order valence-corrected chi connectivity index (χ0v) is 9.31. The molecule has 0 saturated carbocycles. The third-order valence-corrected chi connectivity index (χ3v) is 3.12. The highest BCUT2D eigenvalue weighted by Crippen LogP contribution is 2.21. The molecule has 0 spiro atoms. The van der Waals surface area contributed by atoms with Gasteiger partial charge in [-0.3, -0.25) is 9.67 Å². The first-order valence-electron chi connectivity index (χ1n) is 4.79. The summed E-state index contributed by atoms with van der Waals surface area (Å²) >= 11 is 1.49. The van der Waals surface area contributed by atoms with Gasteiger partial charge in [-0.2, -0.15) is 5.10 Å². The van der Waals surface area contributed by atoms with E-state index in [9.17, 15) is 5.11 Å². The van der Waals surface area contributed by atoms with Crippen LogP contribution in [0.25, 0.3) is 0 Å². The smallest absolute Gasteiger partial charge is 0.0901 e. The minimum Gasteiger partial charge on any atom is -0.388 e. The van der Waals surface area contributed by atoms with E-state index < -0.39 is 6.10 Å². The summed E-state index contributed by atoms with van der Waals surface area (Å²) in [6.45, 7) is 0. The SMILES string of the molecule is Cn1cc(CCC(O)c2cncs2)cn1. The molecule has 80 valence electrons. The Kier molecular flexibility index (Phi) is 3.13. The average Bonchev–Trinajstić information content (AvgIpc) is 2.84. The van der Waals surface area contributed by atoms with Crippen molar-refractivity contribution in [2.24, 2.45) is 7.05 Å². The summed E-state index contributed by atoms with van der Waals surface area (Å²) in [4.78, 5) is 4.87. The Morgan fingerprint density at radius 3 is 3.00 bits per heavy atom. The first-order chi connectivity index (χ1) is 7.25. The molecule has 1 atom stereocenters. The molecule has 0 aliphatic carbocycles. The van der Waals surface area contributed by atoms with Crippen LogP contribution in [-0.2, 0) is 13.5 Å². The van der Waals surface area contributed by atoms with Crippen LogP contribution in [0.5, 0.6) is 0 Å². The van der Waals surface area contributed by atoms with Crippen LogP contribution in [0.3, 0.4) is 0 Å². The minimum atomic E-state index is -0.405. The molecule has 0 aliphatic heterocycles. The molecule has 0 aliphatic rings. The van der Waals surface area contributed by atoms with Gasteiger partial charge >= 0.3 is 0 Å². The predicted octanol–water partition coefficient (Wildman–Crippen LogP) is 1.54. The van der Waals surface area contributed by atoms with E-state index in [1.165, 1.54) is 11.3 Å². The van der Waals surface area contributed by atoms with Crippen molar-refractivity contribution in [2.75, 3.05) is 0 Å². The zero-order valence-electron chi connectivity index (χ0n) is 8.50. The fourth-order valence-corrected chi connectivity index (χ4v) is 2.08. The summed E-state index contributed by atoms with van der Waals surface area (Å²) in [6.07, 6.45) is 6.68. The Labute approximate surface area is 92.2 Å². The Balaban J connectivity index is 1.88. The highest BCUT2D eigenvalue weighted by atomic mass is 32.1. The summed E-state index contributed by atoms with van der Waals surface area (Å²) in [7, 11) is 1.89. The largest absolute Gasteiger partial charge is 0.388 e. The molecule has 5 heteroatoms. The van der Waals surface area contributed by atoms with Crippen LogP contribution in [0.15, 0.2) is 24.1 Å². The van der Waals surface area contributed by atoms with Gasteiger partial charge in [0.25, 0.3) is 0 Å². The number of aliphatic hydroxyl groups is 1. The van der Waals surface area contributed by atoms with E-state index in [-0.39, 0.29) is 0 Å². The second-order valence-corrected chi connectivity index (χ2v) is 4.40. The summed E-state index contributed by atoms with van der Waals surface area (Å²) in [5.41, 5.74) is 2.89. The van der Waals surface area contributed by atoms with Crippen LogP contribution >= 0.6 is 11.3 Å². The molecule has 1 unspecified atom stereocenters. The number of aromatic nitrogens is 3. The summed E-state index contributed by atoms with van der Waals surface area (Å²) in [6, 6.07) is 0. The third kappa shape index (κ3) is 2.64. The van der Waals surface area contributed by atoms with Crippen molar-refractivity contribution in [1.82, 2.24) is 14.8 Å². The van der Waals surface area contributed by atoms with Crippen LogP contribution < -0.4 is 0 Å². The van der Waals surface area contributed by atoms with E-state index in [0.717, 1.165) is 16.9 Å². The van der Waals surface area contributed by atoms with Crippen molar-refractivity contribution in [3.05, 3.63) is 34.5 Å². The number of nitrogens with zero attached hydrogens (tertiary/aromatic N) is 3. The van der Waals surface area contributed by atoms with Gasteiger partial charge in [0.2, 0.25) is 0 Å². The lowest BCUT2D eigenvalue weighted by Gasteiger charge is -2.05. The quantitative estimate of drug-likeness (QED) is 0.855. The van der Waals surface area contributed by atoms with E-state index in [4.69, 9.17) is 0 Å². The number of aryl methyl sites for hydroxylation is 2. The maximum atomic E-state index is 9.82. The van der Waals surface area contributed by atoms with Gasteiger partial charge in [0.15, 0.2) is 0 Å². The molecule has 0 amide bonds. The Morgan fingerprint density at radius 2 is 2.40 bits per heavy atom. The molecule has 2 aromatic heterocycles. The molecule has 0 saturated heterocycles. The molecule has 2 heterocycles. The third-order valence-electron chi connectivity index (χ3n) is 2.24. The van der Waals surface area contributed by atoms with Crippen LogP contribution in [0, 0.1) is 0 Å². The molecule has 1 N–H and O–H groups in total. The van der Waals surface area contributed by atoms with Gasteiger partial charge in [-0.25, -0.2) is 0 Å². The van der Waals surface area contributed by atoms with E-state index in [1.807, 2.05) is 19.4 Å². The molecule has 2 aromatic rings.